The number of nitrogens with zero attached hydrogens (tertiary/aromatic N) is 2. The minimum atomic E-state index is -0.480. The molecule has 5 nitrogen and oxygen atoms in total. The lowest BCUT2D eigenvalue weighted by Gasteiger charge is -2.40. The standard InChI is InChI=1S/C21H25N3O2S/c22-19(25)17-11-18(27-13-17)20(26)24-10-8-21(15-24)7-4-9-23(14-21)12-16-5-2-1-3-6-16/h1-3,5-6,11,13H,4,7-10,12,14-15H2,(H2,22,25). The van der Waals surface area contributed by atoms with Crippen molar-refractivity contribution >= 4 is 23.2 Å². The van der Waals surface area contributed by atoms with Crippen LogP contribution in [0.1, 0.15) is 44.9 Å². The molecule has 2 N–H and O–H groups in total. The van der Waals surface area contributed by atoms with Crippen molar-refractivity contribution in [1.82, 2.24) is 9.80 Å². The topological polar surface area (TPSA) is 66.6 Å². The van der Waals surface area contributed by atoms with Gasteiger partial charge in [-0.25, -0.2) is 0 Å². The van der Waals surface area contributed by atoms with E-state index in [2.05, 4.69) is 35.2 Å². The van der Waals surface area contributed by atoms with Crippen LogP contribution >= 0.6 is 11.3 Å². The van der Waals surface area contributed by atoms with Gasteiger partial charge in [0.25, 0.3) is 5.91 Å². The van der Waals surface area contributed by atoms with Crippen LogP contribution in [0.15, 0.2) is 41.8 Å². The Bertz CT molecular complexity index is 835. The van der Waals surface area contributed by atoms with Gasteiger partial charge >= 0.3 is 0 Å². The molecule has 2 aromatic rings. The van der Waals surface area contributed by atoms with Crippen LogP contribution in [0.3, 0.4) is 0 Å². The van der Waals surface area contributed by atoms with Crippen LogP contribution in [0, 0.1) is 5.41 Å². The maximum absolute atomic E-state index is 12.9. The van der Waals surface area contributed by atoms with Gasteiger partial charge in [0.15, 0.2) is 0 Å². The summed E-state index contributed by atoms with van der Waals surface area (Å²) in [5, 5.41) is 1.67. The van der Waals surface area contributed by atoms with Crippen molar-refractivity contribution in [2.45, 2.75) is 25.8 Å². The second-order valence-electron chi connectivity index (χ2n) is 7.84. The summed E-state index contributed by atoms with van der Waals surface area (Å²) in [6.45, 7) is 4.74. The second-order valence-corrected chi connectivity index (χ2v) is 8.75. The highest BCUT2D eigenvalue weighted by Crippen LogP contribution is 2.40. The first kappa shape index (κ1) is 18.2. The van der Waals surface area contributed by atoms with Gasteiger partial charge in [-0.15, -0.1) is 11.3 Å². The minimum absolute atomic E-state index is 0.0320. The molecule has 142 valence electrons. The van der Waals surface area contributed by atoms with Crippen LogP contribution in [0.2, 0.25) is 0 Å². The van der Waals surface area contributed by atoms with E-state index in [-0.39, 0.29) is 11.3 Å². The Labute approximate surface area is 163 Å². The van der Waals surface area contributed by atoms with Gasteiger partial charge in [0.1, 0.15) is 0 Å². The van der Waals surface area contributed by atoms with Crippen molar-refractivity contribution in [2.24, 2.45) is 11.1 Å². The van der Waals surface area contributed by atoms with E-state index in [1.165, 1.54) is 29.7 Å². The Balaban J connectivity index is 1.41. The highest BCUT2D eigenvalue weighted by molar-refractivity contribution is 7.12. The molecule has 1 spiro atoms. The van der Waals surface area contributed by atoms with Gasteiger partial charge in [-0.05, 0) is 37.4 Å². The monoisotopic (exact) mass is 383 g/mol. The van der Waals surface area contributed by atoms with E-state index >= 15 is 0 Å². The zero-order chi connectivity index (χ0) is 18.9. The summed E-state index contributed by atoms with van der Waals surface area (Å²) in [6, 6.07) is 12.2. The molecule has 2 saturated heterocycles. The van der Waals surface area contributed by atoms with Gasteiger partial charge in [0.05, 0.1) is 10.4 Å². The maximum Gasteiger partial charge on any atom is 0.263 e. The molecular weight excluding hydrogens is 358 g/mol. The lowest BCUT2D eigenvalue weighted by molar-refractivity contribution is 0.0679. The van der Waals surface area contributed by atoms with Crippen LogP contribution in [-0.4, -0.2) is 47.8 Å². The summed E-state index contributed by atoms with van der Waals surface area (Å²) in [7, 11) is 0. The lowest BCUT2D eigenvalue weighted by Crippen LogP contribution is -2.44. The number of amides is 2. The highest BCUT2D eigenvalue weighted by Gasteiger charge is 2.43. The first-order valence-electron chi connectivity index (χ1n) is 9.49. The largest absolute Gasteiger partial charge is 0.366 e. The second kappa shape index (κ2) is 7.44. The minimum Gasteiger partial charge on any atom is -0.366 e. The van der Waals surface area contributed by atoms with Crippen molar-refractivity contribution in [3.63, 3.8) is 0 Å². The van der Waals surface area contributed by atoms with Gasteiger partial charge in [-0.2, -0.15) is 0 Å². The first-order chi connectivity index (χ1) is 13.0. The molecule has 0 radical (unpaired) electrons. The van der Waals surface area contributed by atoms with Crippen LogP contribution in [-0.2, 0) is 6.54 Å². The molecule has 1 atom stereocenters. The molecule has 27 heavy (non-hydrogen) atoms. The molecule has 2 amide bonds. The average Bonchev–Trinajstić information content (AvgIpc) is 3.30. The summed E-state index contributed by atoms with van der Waals surface area (Å²) in [5.41, 5.74) is 7.27. The molecule has 2 fully saturated rings. The molecule has 0 saturated carbocycles. The fourth-order valence-electron chi connectivity index (χ4n) is 4.46. The molecule has 6 heteroatoms. The number of benzene rings is 1. The summed E-state index contributed by atoms with van der Waals surface area (Å²) >= 11 is 1.31. The molecule has 1 aromatic heterocycles. The zero-order valence-electron chi connectivity index (χ0n) is 15.4. The third kappa shape index (κ3) is 3.92. The number of hydrogen-bond acceptors (Lipinski definition) is 4. The maximum atomic E-state index is 12.9. The average molecular weight is 384 g/mol. The van der Waals surface area contributed by atoms with Crippen molar-refractivity contribution < 1.29 is 9.59 Å². The van der Waals surface area contributed by atoms with Crippen molar-refractivity contribution in [1.29, 1.82) is 0 Å². The third-order valence-corrected chi connectivity index (χ3v) is 6.73. The Morgan fingerprint density at radius 1 is 1.11 bits per heavy atom. The normalized spacial score (nSPS) is 23.0. The molecule has 2 aliphatic heterocycles. The zero-order valence-corrected chi connectivity index (χ0v) is 16.2. The van der Waals surface area contributed by atoms with E-state index in [9.17, 15) is 9.59 Å². The Morgan fingerprint density at radius 2 is 1.93 bits per heavy atom. The van der Waals surface area contributed by atoms with Gasteiger partial charge < -0.3 is 10.6 Å². The molecule has 1 aromatic carbocycles. The molecule has 4 rings (SSSR count). The molecular formula is C21H25N3O2S. The smallest absolute Gasteiger partial charge is 0.263 e. The molecule has 0 bridgehead atoms. The predicted octanol–water partition coefficient (Wildman–Crippen LogP) is 2.98. The van der Waals surface area contributed by atoms with Gasteiger partial charge in [0, 0.05) is 37.0 Å². The van der Waals surface area contributed by atoms with E-state index in [1.54, 1.807) is 11.4 Å². The Hall–Kier alpha value is -2.18. The number of nitrogens with two attached hydrogens (primary N) is 1. The Morgan fingerprint density at radius 3 is 2.67 bits per heavy atom. The van der Waals surface area contributed by atoms with Crippen LogP contribution < -0.4 is 5.73 Å². The van der Waals surface area contributed by atoms with Gasteiger partial charge in [-0.1, -0.05) is 30.3 Å². The van der Waals surface area contributed by atoms with Crippen molar-refractivity contribution in [2.75, 3.05) is 26.2 Å². The fourth-order valence-corrected chi connectivity index (χ4v) is 5.32. The molecule has 1 unspecified atom stereocenters. The fraction of sp³-hybridized carbons (Fsp3) is 0.429. The predicted molar refractivity (Wildman–Crippen MR) is 107 cm³/mol. The molecule has 0 aliphatic carbocycles. The van der Waals surface area contributed by atoms with E-state index in [1.807, 2.05) is 4.90 Å². The first-order valence-corrected chi connectivity index (χ1v) is 10.4. The highest BCUT2D eigenvalue weighted by atomic mass is 32.1. The summed E-state index contributed by atoms with van der Waals surface area (Å²) in [5.74, 6) is -0.448. The molecule has 3 heterocycles. The number of thiophene rings is 1. The number of hydrogen-bond donors (Lipinski definition) is 1. The third-order valence-electron chi connectivity index (χ3n) is 5.81. The van der Waals surface area contributed by atoms with Crippen LogP contribution in [0.4, 0.5) is 0 Å². The SMILES string of the molecule is NC(=O)c1csc(C(=O)N2CCC3(CCCN(Cc4ccccc4)C3)C2)c1. The van der Waals surface area contributed by atoms with Crippen LogP contribution in [0.5, 0.6) is 0 Å². The van der Waals surface area contributed by atoms with E-state index < -0.39 is 5.91 Å². The number of rotatable bonds is 4. The number of carbonyl (C=O) groups is 2. The quantitative estimate of drug-likeness (QED) is 0.883. The van der Waals surface area contributed by atoms with E-state index in [0.717, 1.165) is 39.1 Å². The number of carbonyl (C=O) groups excluding carboxylic acids is 2. The van der Waals surface area contributed by atoms with Crippen molar-refractivity contribution in [3.8, 4) is 0 Å². The summed E-state index contributed by atoms with van der Waals surface area (Å²) in [6.07, 6.45) is 3.41. The number of likely N-dealkylation sites (tertiary alicyclic amines) is 2. The molecule has 2 aliphatic rings. The lowest BCUT2D eigenvalue weighted by atomic mass is 9.79. The summed E-state index contributed by atoms with van der Waals surface area (Å²) < 4.78 is 0. The van der Waals surface area contributed by atoms with E-state index in [0.29, 0.717) is 10.4 Å². The van der Waals surface area contributed by atoms with E-state index in [4.69, 9.17) is 5.73 Å². The van der Waals surface area contributed by atoms with Crippen molar-refractivity contribution in [3.05, 3.63) is 57.8 Å². The van der Waals surface area contributed by atoms with Gasteiger partial charge in [-0.3, -0.25) is 14.5 Å². The number of piperidine rings is 1. The summed E-state index contributed by atoms with van der Waals surface area (Å²) in [4.78, 5) is 29.2. The number of primary amides is 1. The Kier molecular flexibility index (Phi) is 5.02. The van der Waals surface area contributed by atoms with Gasteiger partial charge in [0.2, 0.25) is 5.91 Å². The van der Waals surface area contributed by atoms with Crippen LogP contribution in [0.25, 0.3) is 0 Å².